The quantitative estimate of drug-likeness (QED) is 0.433. The van der Waals surface area contributed by atoms with Crippen LogP contribution in [0.2, 0.25) is 0 Å². The lowest BCUT2D eigenvalue weighted by Gasteiger charge is -2.09. The number of rotatable bonds is 1. The molecule has 3 nitrogen and oxygen atoms in total. The number of alkyl halides is 2. The van der Waals surface area contributed by atoms with E-state index in [0.29, 0.717) is 0 Å². The molecule has 0 fully saturated rings. The van der Waals surface area contributed by atoms with Gasteiger partial charge in [-0.3, -0.25) is 0 Å². The molecular weight excluding hydrogens is 158 g/mol. The van der Waals surface area contributed by atoms with Crippen LogP contribution in [0.5, 0.6) is 0 Å². The molecule has 1 amide bonds. The zero-order chi connectivity index (χ0) is 8.36. The lowest BCUT2D eigenvalue weighted by molar-refractivity contribution is -0.220. The van der Waals surface area contributed by atoms with E-state index in [0.717, 1.165) is 0 Å². The van der Waals surface area contributed by atoms with Gasteiger partial charge in [-0.25, -0.2) is 4.79 Å². The van der Waals surface area contributed by atoms with Crippen molar-refractivity contribution in [1.29, 1.82) is 0 Å². The van der Waals surface area contributed by atoms with E-state index in [-0.39, 0.29) is 6.92 Å². The third-order valence-corrected chi connectivity index (χ3v) is 0.405. The Labute approximate surface area is 53.0 Å². The highest BCUT2D eigenvalue weighted by Crippen LogP contribution is 2.15. The summed E-state index contributed by atoms with van der Waals surface area (Å²) in [4.78, 5) is 9.63. The van der Waals surface area contributed by atoms with Gasteiger partial charge in [0.1, 0.15) is 0 Å². The molecule has 0 aliphatic rings. The molecule has 0 unspecified atom stereocenters. The van der Waals surface area contributed by atoms with E-state index < -0.39 is 17.5 Å². The Morgan fingerprint density at radius 3 is 2.00 bits per heavy atom. The molecular formula is C3H3F4NO2. The fraction of sp³-hybridized carbons (Fsp3) is 0.667. The topological polar surface area (TPSA) is 29.5 Å². The predicted octanol–water partition coefficient (Wildman–Crippen LogP) is 1.81. The maximum absolute atomic E-state index is 11.5. The highest BCUT2D eigenvalue weighted by atomic mass is 19.4. The Morgan fingerprint density at radius 1 is 1.50 bits per heavy atom. The predicted molar refractivity (Wildman–Crippen MR) is 21.2 cm³/mol. The lowest BCUT2D eigenvalue weighted by Crippen LogP contribution is -2.25. The van der Waals surface area contributed by atoms with E-state index in [9.17, 15) is 22.5 Å². The Kier molecular flexibility index (Phi) is 2.44. The number of amides is 1. The van der Waals surface area contributed by atoms with Crippen molar-refractivity contribution in [2.24, 2.45) is 0 Å². The van der Waals surface area contributed by atoms with Gasteiger partial charge in [0.25, 0.3) is 0 Å². The van der Waals surface area contributed by atoms with Gasteiger partial charge in [0.05, 0.1) is 0 Å². The summed E-state index contributed by atoms with van der Waals surface area (Å²) in [6.07, 6.45) is -6.25. The van der Waals surface area contributed by atoms with E-state index in [1.165, 1.54) is 0 Å². The van der Waals surface area contributed by atoms with Crippen LogP contribution in [0, 0.1) is 0 Å². The normalized spacial score (nSPS) is 10.9. The monoisotopic (exact) mass is 161 g/mol. The number of carbonyl (C=O) groups is 1. The molecule has 7 heteroatoms. The van der Waals surface area contributed by atoms with Crippen molar-refractivity contribution in [1.82, 2.24) is 5.34 Å². The third kappa shape index (κ3) is 3.93. The van der Waals surface area contributed by atoms with Gasteiger partial charge in [-0.1, -0.05) is 8.96 Å². The minimum atomic E-state index is -3.87. The largest absolute Gasteiger partial charge is 0.472 e. The van der Waals surface area contributed by atoms with Gasteiger partial charge >= 0.3 is 12.2 Å². The first-order valence-electron chi connectivity index (χ1n) is 2.05. The van der Waals surface area contributed by atoms with Gasteiger partial charge in [-0.15, -0.1) is 0 Å². The molecule has 0 heterocycles. The lowest BCUT2D eigenvalue weighted by atomic mass is 10.7. The smallest absolute Gasteiger partial charge is 0.380 e. The van der Waals surface area contributed by atoms with E-state index in [2.05, 4.69) is 4.74 Å². The summed E-state index contributed by atoms with van der Waals surface area (Å²) in [7, 11) is 0. The van der Waals surface area contributed by atoms with Gasteiger partial charge in [-0.2, -0.15) is 8.78 Å². The van der Waals surface area contributed by atoms with Crippen molar-refractivity contribution < 1.29 is 27.3 Å². The molecule has 0 rings (SSSR count). The van der Waals surface area contributed by atoms with Gasteiger partial charge in [0, 0.05) is 12.3 Å². The molecule has 60 valence electrons. The maximum atomic E-state index is 11.5. The molecule has 0 aromatic rings. The van der Waals surface area contributed by atoms with Gasteiger partial charge in [0.15, 0.2) is 0 Å². The van der Waals surface area contributed by atoms with Crippen molar-refractivity contribution in [3.05, 3.63) is 0 Å². The Balaban J connectivity index is 3.81. The van der Waals surface area contributed by atoms with Gasteiger partial charge < -0.3 is 4.74 Å². The summed E-state index contributed by atoms with van der Waals surface area (Å²) in [6.45, 7) is 0.175. The van der Waals surface area contributed by atoms with Crippen molar-refractivity contribution in [2.75, 3.05) is 0 Å². The van der Waals surface area contributed by atoms with Crippen LogP contribution in [-0.4, -0.2) is 17.5 Å². The minimum Gasteiger partial charge on any atom is -0.380 e. The molecule has 0 saturated heterocycles. The average Bonchev–Trinajstić information content (AvgIpc) is 1.60. The third-order valence-electron chi connectivity index (χ3n) is 0.405. The van der Waals surface area contributed by atoms with E-state index in [1.807, 2.05) is 0 Å². The molecule has 0 spiro atoms. The second kappa shape index (κ2) is 2.72. The first-order valence-corrected chi connectivity index (χ1v) is 2.05. The molecule has 0 atom stereocenters. The summed E-state index contributed by atoms with van der Waals surface area (Å²) in [5, 5.41) is -2.07. The molecule has 0 aliphatic heterocycles. The fourth-order valence-electron chi connectivity index (χ4n) is 0.188. The molecule has 0 bridgehead atoms. The second-order valence-corrected chi connectivity index (χ2v) is 1.41. The number of hydrogen-bond donors (Lipinski definition) is 0. The van der Waals surface area contributed by atoms with Crippen molar-refractivity contribution in [3.8, 4) is 0 Å². The Hall–Kier alpha value is -1.01. The molecule has 10 heavy (non-hydrogen) atoms. The average molecular weight is 161 g/mol. The summed E-state index contributed by atoms with van der Waals surface area (Å²) in [5.74, 6) is 0. The van der Waals surface area contributed by atoms with Crippen molar-refractivity contribution in [3.63, 3.8) is 0 Å². The standard InChI is InChI=1S/C3H3F4NO2/c1-3(4,5)10-2(9)8(6)7/h1H3. The number of hydrogen-bond acceptors (Lipinski definition) is 2. The van der Waals surface area contributed by atoms with E-state index in [4.69, 9.17) is 0 Å². The van der Waals surface area contributed by atoms with Crippen molar-refractivity contribution in [2.45, 2.75) is 13.0 Å². The van der Waals surface area contributed by atoms with E-state index >= 15 is 0 Å². The first kappa shape index (κ1) is 8.99. The number of ether oxygens (including phenoxy) is 1. The van der Waals surface area contributed by atoms with Gasteiger partial charge in [-0.05, 0) is 0 Å². The molecule has 0 aromatic carbocycles. The fourth-order valence-corrected chi connectivity index (χ4v) is 0.188. The van der Waals surface area contributed by atoms with Crippen LogP contribution in [0.4, 0.5) is 22.5 Å². The summed E-state index contributed by atoms with van der Waals surface area (Å²) >= 11 is 0. The van der Waals surface area contributed by atoms with Crippen LogP contribution in [0.1, 0.15) is 6.92 Å². The zero-order valence-corrected chi connectivity index (χ0v) is 4.78. The zero-order valence-electron chi connectivity index (χ0n) is 4.78. The highest BCUT2D eigenvalue weighted by molar-refractivity contribution is 5.64. The number of halogens is 4. The highest BCUT2D eigenvalue weighted by Gasteiger charge is 2.30. The van der Waals surface area contributed by atoms with Crippen LogP contribution in [0.15, 0.2) is 0 Å². The molecule has 0 N–H and O–H groups in total. The van der Waals surface area contributed by atoms with Crippen LogP contribution >= 0.6 is 0 Å². The number of carbonyl (C=O) groups excluding carboxylic acids is 1. The van der Waals surface area contributed by atoms with E-state index in [1.54, 1.807) is 0 Å². The summed E-state index contributed by atoms with van der Waals surface area (Å²) < 4.78 is 47.9. The minimum absolute atomic E-state index is 0.175. The second-order valence-electron chi connectivity index (χ2n) is 1.41. The first-order chi connectivity index (χ1) is 4.33. The van der Waals surface area contributed by atoms with Crippen LogP contribution in [0.25, 0.3) is 0 Å². The summed E-state index contributed by atoms with van der Waals surface area (Å²) in [6, 6.07) is 0. The van der Waals surface area contributed by atoms with Crippen LogP contribution in [0.3, 0.4) is 0 Å². The Morgan fingerprint density at radius 2 is 1.90 bits per heavy atom. The molecule has 0 saturated carbocycles. The maximum Gasteiger partial charge on any atom is 0.472 e. The molecule has 0 aliphatic carbocycles. The van der Waals surface area contributed by atoms with Crippen LogP contribution < -0.4 is 0 Å². The molecule has 0 aromatic heterocycles. The summed E-state index contributed by atoms with van der Waals surface area (Å²) in [5.41, 5.74) is 0. The van der Waals surface area contributed by atoms with Crippen LogP contribution in [-0.2, 0) is 4.74 Å². The SMILES string of the molecule is CC(F)(F)OC(=O)N(F)F. The van der Waals surface area contributed by atoms with Gasteiger partial charge in [0.2, 0.25) is 0 Å². The van der Waals surface area contributed by atoms with Crippen molar-refractivity contribution >= 4 is 6.09 Å². The number of nitrogens with zero attached hydrogens (tertiary/aromatic N) is 1. The molecule has 0 radical (unpaired) electrons. The Bertz CT molecular complexity index is 131.